The molecule has 0 fully saturated rings. The molecular formula is C9H20N2O2S2. The molecule has 6 heteroatoms. The van der Waals surface area contributed by atoms with Crippen molar-refractivity contribution in [2.75, 3.05) is 6.54 Å². The van der Waals surface area contributed by atoms with Crippen LogP contribution in [0, 0.1) is 0 Å². The van der Waals surface area contributed by atoms with Crippen LogP contribution in [-0.2, 0) is 10.0 Å². The zero-order valence-corrected chi connectivity index (χ0v) is 11.4. The van der Waals surface area contributed by atoms with Gasteiger partial charge in [-0.05, 0) is 27.2 Å². The fourth-order valence-electron chi connectivity index (χ4n) is 1.25. The first kappa shape index (κ1) is 14.8. The summed E-state index contributed by atoms with van der Waals surface area (Å²) in [6.45, 7) is 7.67. The van der Waals surface area contributed by atoms with E-state index in [1.165, 1.54) is 11.2 Å². The molecule has 0 aromatic rings. The highest BCUT2D eigenvalue weighted by molar-refractivity contribution is 7.92. The topological polar surface area (TPSA) is 63.4 Å². The third-order valence-corrected chi connectivity index (χ3v) is 5.10. The quantitative estimate of drug-likeness (QED) is 0.719. The van der Waals surface area contributed by atoms with Gasteiger partial charge in [0.2, 0.25) is 10.0 Å². The SMILES string of the molecule is CCCN(C(C)C)S(=O)(=O)C(C)C(N)=S. The fourth-order valence-corrected chi connectivity index (χ4v) is 3.34. The molecule has 1 atom stereocenters. The largest absolute Gasteiger partial charge is 0.392 e. The number of hydrogen-bond donors (Lipinski definition) is 1. The van der Waals surface area contributed by atoms with Crippen LogP contribution in [0.2, 0.25) is 0 Å². The van der Waals surface area contributed by atoms with Crippen molar-refractivity contribution in [3.63, 3.8) is 0 Å². The standard InChI is InChI=1S/C9H20N2O2S2/c1-5-6-11(7(2)3)15(12,13)8(4)9(10)14/h7-8H,5-6H2,1-4H3,(H2,10,14). The lowest BCUT2D eigenvalue weighted by Crippen LogP contribution is -2.46. The Morgan fingerprint density at radius 3 is 2.13 bits per heavy atom. The van der Waals surface area contributed by atoms with Crippen molar-refractivity contribution in [1.29, 1.82) is 0 Å². The van der Waals surface area contributed by atoms with E-state index in [1.54, 1.807) is 0 Å². The molecule has 15 heavy (non-hydrogen) atoms. The Labute approximate surface area is 97.9 Å². The Morgan fingerprint density at radius 1 is 1.40 bits per heavy atom. The van der Waals surface area contributed by atoms with Gasteiger partial charge in [-0.2, -0.15) is 4.31 Å². The Kier molecular flexibility index (Phi) is 5.69. The van der Waals surface area contributed by atoms with Crippen molar-refractivity contribution < 1.29 is 8.42 Å². The highest BCUT2D eigenvalue weighted by atomic mass is 32.2. The van der Waals surface area contributed by atoms with Crippen LogP contribution in [0.3, 0.4) is 0 Å². The van der Waals surface area contributed by atoms with E-state index in [0.717, 1.165) is 6.42 Å². The molecule has 90 valence electrons. The van der Waals surface area contributed by atoms with E-state index in [4.69, 9.17) is 18.0 Å². The summed E-state index contributed by atoms with van der Waals surface area (Å²) < 4.78 is 25.6. The van der Waals surface area contributed by atoms with Gasteiger partial charge in [0.05, 0.1) is 4.99 Å². The van der Waals surface area contributed by atoms with Gasteiger partial charge in [-0.15, -0.1) is 0 Å². The highest BCUT2D eigenvalue weighted by Gasteiger charge is 2.31. The lowest BCUT2D eigenvalue weighted by molar-refractivity contribution is 0.353. The monoisotopic (exact) mass is 252 g/mol. The first-order chi connectivity index (χ1) is 6.75. The van der Waals surface area contributed by atoms with Crippen LogP contribution < -0.4 is 5.73 Å². The Bertz CT molecular complexity index is 312. The third-order valence-electron chi connectivity index (χ3n) is 2.19. The molecule has 4 nitrogen and oxygen atoms in total. The lowest BCUT2D eigenvalue weighted by Gasteiger charge is -2.28. The molecule has 0 saturated heterocycles. The van der Waals surface area contributed by atoms with Crippen LogP contribution in [0.25, 0.3) is 0 Å². The zero-order chi connectivity index (χ0) is 12.2. The second-order valence-corrected chi connectivity index (χ2v) is 6.47. The number of sulfonamides is 1. The maximum atomic E-state index is 12.1. The Hall–Kier alpha value is -0.200. The second kappa shape index (κ2) is 5.77. The van der Waals surface area contributed by atoms with Gasteiger partial charge in [-0.25, -0.2) is 8.42 Å². The van der Waals surface area contributed by atoms with E-state index in [2.05, 4.69) is 0 Å². The number of hydrogen-bond acceptors (Lipinski definition) is 3. The van der Waals surface area contributed by atoms with Gasteiger partial charge in [-0.3, -0.25) is 0 Å². The van der Waals surface area contributed by atoms with E-state index in [-0.39, 0.29) is 11.0 Å². The van der Waals surface area contributed by atoms with E-state index < -0.39 is 15.3 Å². The van der Waals surface area contributed by atoms with Crippen molar-refractivity contribution in [2.24, 2.45) is 5.73 Å². The van der Waals surface area contributed by atoms with Crippen LogP contribution in [0.15, 0.2) is 0 Å². The second-order valence-electron chi connectivity index (χ2n) is 3.79. The summed E-state index contributed by atoms with van der Waals surface area (Å²) in [6.07, 6.45) is 0.779. The molecule has 0 aliphatic rings. The summed E-state index contributed by atoms with van der Waals surface area (Å²) in [6, 6.07) is -0.0632. The predicted molar refractivity (Wildman–Crippen MR) is 67.3 cm³/mol. The smallest absolute Gasteiger partial charge is 0.223 e. The summed E-state index contributed by atoms with van der Waals surface area (Å²) >= 11 is 4.73. The Balaban J connectivity index is 5.04. The maximum absolute atomic E-state index is 12.1. The fraction of sp³-hybridized carbons (Fsp3) is 0.889. The van der Waals surface area contributed by atoms with Gasteiger partial charge >= 0.3 is 0 Å². The number of nitrogens with zero attached hydrogens (tertiary/aromatic N) is 1. The Morgan fingerprint density at radius 2 is 1.87 bits per heavy atom. The minimum atomic E-state index is -3.39. The van der Waals surface area contributed by atoms with Gasteiger partial charge in [0, 0.05) is 12.6 Å². The van der Waals surface area contributed by atoms with E-state index >= 15 is 0 Å². The van der Waals surface area contributed by atoms with Gasteiger partial charge < -0.3 is 5.73 Å². The van der Waals surface area contributed by atoms with Crippen LogP contribution in [-0.4, -0.2) is 35.5 Å². The van der Waals surface area contributed by atoms with Crippen molar-refractivity contribution in [3.05, 3.63) is 0 Å². The molecule has 0 saturated carbocycles. The van der Waals surface area contributed by atoms with Crippen molar-refractivity contribution in [3.8, 4) is 0 Å². The van der Waals surface area contributed by atoms with E-state index in [0.29, 0.717) is 6.54 Å². The zero-order valence-electron chi connectivity index (χ0n) is 9.73. The minimum absolute atomic E-state index is 0.0248. The number of nitrogens with two attached hydrogens (primary N) is 1. The molecular weight excluding hydrogens is 232 g/mol. The van der Waals surface area contributed by atoms with Crippen LogP contribution >= 0.6 is 12.2 Å². The van der Waals surface area contributed by atoms with Crippen molar-refractivity contribution in [2.45, 2.75) is 45.4 Å². The minimum Gasteiger partial charge on any atom is -0.392 e. The van der Waals surface area contributed by atoms with Gasteiger partial charge in [-0.1, -0.05) is 19.1 Å². The van der Waals surface area contributed by atoms with Gasteiger partial charge in [0.15, 0.2) is 0 Å². The van der Waals surface area contributed by atoms with E-state index in [9.17, 15) is 8.42 Å². The molecule has 0 aromatic heterocycles. The highest BCUT2D eigenvalue weighted by Crippen LogP contribution is 2.13. The van der Waals surface area contributed by atoms with Crippen molar-refractivity contribution in [1.82, 2.24) is 4.31 Å². The lowest BCUT2D eigenvalue weighted by atomic mass is 10.4. The van der Waals surface area contributed by atoms with E-state index in [1.807, 2.05) is 20.8 Å². The summed E-state index contributed by atoms with van der Waals surface area (Å²) in [5, 5.41) is -0.790. The number of rotatable bonds is 6. The maximum Gasteiger partial charge on any atom is 0.223 e. The molecule has 0 aliphatic heterocycles. The molecule has 0 spiro atoms. The molecule has 0 radical (unpaired) electrons. The molecule has 0 aromatic carbocycles. The molecule has 0 amide bonds. The summed E-state index contributed by atoms with van der Waals surface area (Å²) in [5.74, 6) is 0. The van der Waals surface area contributed by atoms with Crippen LogP contribution in [0.5, 0.6) is 0 Å². The molecule has 0 heterocycles. The average Bonchev–Trinajstić information content (AvgIpc) is 2.11. The first-order valence-corrected chi connectivity index (χ1v) is 6.96. The van der Waals surface area contributed by atoms with Gasteiger partial charge in [0.1, 0.15) is 5.25 Å². The normalized spacial score (nSPS) is 14.5. The average molecular weight is 252 g/mol. The van der Waals surface area contributed by atoms with Crippen LogP contribution in [0.4, 0.5) is 0 Å². The van der Waals surface area contributed by atoms with Crippen molar-refractivity contribution >= 4 is 27.2 Å². The molecule has 2 N–H and O–H groups in total. The first-order valence-electron chi connectivity index (χ1n) is 5.05. The summed E-state index contributed by atoms with van der Waals surface area (Å²) in [4.78, 5) is 0.0248. The van der Waals surface area contributed by atoms with Crippen LogP contribution in [0.1, 0.15) is 34.1 Å². The van der Waals surface area contributed by atoms with Gasteiger partial charge in [0.25, 0.3) is 0 Å². The molecule has 0 rings (SSSR count). The predicted octanol–water partition coefficient (Wildman–Crippen LogP) is 1.11. The molecule has 0 bridgehead atoms. The molecule has 1 unspecified atom stereocenters. The molecule has 0 aliphatic carbocycles. The number of thiocarbonyl (C=S) groups is 1. The summed E-state index contributed by atoms with van der Waals surface area (Å²) in [7, 11) is -3.39. The third kappa shape index (κ3) is 3.70. The summed E-state index contributed by atoms with van der Waals surface area (Å²) in [5.41, 5.74) is 5.38.